The maximum Gasteiger partial charge on any atom is 0.328 e. The molecule has 0 radical (unpaired) electrons. The molecule has 0 unspecified atom stereocenters. The summed E-state index contributed by atoms with van der Waals surface area (Å²) in [5.74, 6) is 0. The topological polar surface area (TPSA) is 102 Å². The van der Waals surface area contributed by atoms with Crippen LogP contribution in [0.15, 0.2) is 28.2 Å². The molecule has 0 amide bonds. The van der Waals surface area contributed by atoms with E-state index in [0.717, 1.165) is 25.9 Å². The van der Waals surface area contributed by atoms with Gasteiger partial charge in [0.1, 0.15) is 5.60 Å². The number of nitrogens with one attached hydrogen (secondary N) is 2. The second kappa shape index (κ2) is 5.39. The van der Waals surface area contributed by atoms with Crippen molar-refractivity contribution < 1.29 is 4.74 Å². The van der Waals surface area contributed by atoms with Crippen molar-refractivity contribution >= 4 is 0 Å². The summed E-state index contributed by atoms with van der Waals surface area (Å²) in [6.45, 7) is 2.13. The Labute approximate surface area is 131 Å². The van der Waals surface area contributed by atoms with E-state index in [0.29, 0.717) is 17.0 Å². The Morgan fingerprint density at radius 3 is 2.83 bits per heavy atom. The molecule has 2 aliphatic heterocycles. The molecule has 4 heterocycles. The Morgan fingerprint density at radius 1 is 1.26 bits per heavy atom. The van der Waals surface area contributed by atoms with E-state index >= 15 is 0 Å². The van der Waals surface area contributed by atoms with Crippen molar-refractivity contribution in [3.8, 4) is 0 Å². The van der Waals surface area contributed by atoms with Gasteiger partial charge in [-0.2, -0.15) is 0 Å². The molecule has 0 aliphatic carbocycles. The van der Waals surface area contributed by atoms with E-state index < -0.39 is 11.3 Å². The lowest BCUT2D eigenvalue weighted by molar-refractivity contribution is -0.0602. The largest absolute Gasteiger partial charge is 0.364 e. The normalized spacial score (nSPS) is 19.0. The minimum Gasteiger partial charge on any atom is -0.364 e. The molecular weight excluding hydrogens is 298 g/mol. The molecule has 8 nitrogen and oxygen atoms in total. The number of ether oxygens (including phenoxy) is 1. The number of fused-ring (bicyclic) bond motifs is 2. The van der Waals surface area contributed by atoms with Crippen LogP contribution in [0.4, 0.5) is 0 Å². The van der Waals surface area contributed by atoms with E-state index in [4.69, 9.17) is 4.74 Å². The fraction of sp³-hybridized carbons (Fsp3) is 0.467. The van der Waals surface area contributed by atoms with Gasteiger partial charge in [0, 0.05) is 12.4 Å². The van der Waals surface area contributed by atoms with Gasteiger partial charge in [0.15, 0.2) is 0 Å². The highest BCUT2D eigenvalue weighted by molar-refractivity contribution is 5.30. The Bertz CT molecular complexity index is 836. The number of aromatic amines is 1. The highest BCUT2D eigenvalue weighted by Gasteiger charge is 2.44. The zero-order valence-corrected chi connectivity index (χ0v) is 12.5. The third kappa shape index (κ3) is 2.30. The van der Waals surface area contributed by atoms with Crippen molar-refractivity contribution in [1.29, 1.82) is 0 Å². The van der Waals surface area contributed by atoms with Crippen molar-refractivity contribution in [3.05, 3.63) is 56.4 Å². The summed E-state index contributed by atoms with van der Waals surface area (Å²) < 4.78 is 7.55. The van der Waals surface area contributed by atoms with Crippen LogP contribution in [0, 0.1) is 0 Å². The number of rotatable bonds is 2. The molecule has 2 aliphatic rings. The number of H-pyrrole nitrogens is 1. The van der Waals surface area contributed by atoms with Crippen molar-refractivity contribution in [2.24, 2.45) is 0 Å². The van der Waals surface area contributed by atoms with E-state index in [1.807, 2.05) is 0 Å². The molecule has 23 heavy (non-hydrogen) atoms. The van der Waals surface area contributed by atoms with Crippen LogP contribution in [-0.2, 0) is 23.5 Å². The molecule has 1 spiro atoms. The van der Waals surface area contributed by atoms with Crippen molar-refractivity contribution in [3.63, 3.8) is 0 Å². The smallest absolute Gasteiger partial charge is 0.328 e. The van der Waals surface area contributed by atoms with Gasteiger partial charge < -0.3 is 10.1 Å². The molecule has 0 saturated carbocycles. The summed E-state index contributed by atoms with van der Waals surface area (Å²) in [6.07, 6.45) is 6.23. The first-order valence-electron chi connectivity index (χ1n) is 7.66. The van der Waals surface area contributed by atoms with Gasteiger partial charge in [-0.1, -0.05) is 0 Å². The van der Waals surface area contributed by atoms with Gasteiger partial charge in [-0.15, -0.1) is 0 Å². The third-order valence-electron chi connectivity index (χ3n) is 4.60. The van der Waals surface area contributed by atoms with Crippen molar-refractivity contribution in [1.82, 2.24) is 24.8 Å². The quantitative estimate of drug-likeness (QED) is 0.773. The molecule has 8 heteroatoms. The average molecular weight is 315 g/mol. The standard InChI is InChI=1S/C15H17N5O3/c21-13-12-11(9-23-15(12)1-3-16-4-2-15)20(14(22)19-13)8-10-7-17-5-6-18-10/h5-7,16H,1-4,8-9H2,(H,19,21,22). The van der Waals surface area contributed by atoms with E-state index in [1.54, 1.807) is 18.6 Å². The molecule has 2 N–H and O–H groups in total. The van der Waals surface area contributed by atoms with Crippen LogP contribution in [0.3, 0.4) is 0 Å². The number of nitrogens with zero attached hydrogens (tertiary/aromatic N) is 3. The van der Waals surface area contributed by atoms with Crippen LogP contribution in [0.25, 0.3) is 0 Å². The van der Waals surface area contributed by atoms with Gasteiger partial charge in [0.25, 0.3) is 5.56 Å². The molecular formula is C15H17N5O3. The first kappa shape index (κ1) is 14.3. The molecule has 4 rings (SSSR count). The van der Waals surface area contributed by atoms with Crippen LogP contribution < -0.4 is 16.6 Å². The summed E-state index contributed by atoms with van der Waals surface area (Å²) in [7, 11) is 0. The molecule has 0 atom stereocenters. The van der Waals surface area contributed by atoms with Gasteiger partial charge in [0.2, 0.25) is 0 Å². The van der Waals surface area contributed by atoms with E-state index in [2.05, 4.69) is 20.3 Å². The summed E-state index contributed by atoms with van der Waals surface area (Å²) in [4.78, 5) is 35.3. The van der Waals surface area contributed by atoms with Gasteiger partial charge >= 0.3 is 5.69 Å². The van der Waals surface area contributed by atoms with Crippen LogP contribution >= 0.6 is 0 Å². The third-order valence-corrected chi connectivity index (χ3v) is 4.60. The lowest BCUT2D eigenvalue weighted by atomic mass is 9.86. The summed E-state index contributed by atoms with van der Waals surface area (Å²) in [5.41, 5.74) is 0.573. The van der Waals surface area contributed by atoms with E-state index in [-0.39, 0.29) is 18.7 Å². The molecule has 2 aromatic heterocycles. The summed E-state index contributed by atoms with van der Waals surface area (Å²) in [6, 6.07) is 0. The Hall–Kier alpha value is -2.32. The van der Waals surface area contributed by atoms with Gasteiger partial charge in [-0.3, -0.25) is 24.3 Å². The first-order chi connectivity index (χ1) is 11.2. The minimum absolute atomic E-state index is 0.267. The zero-order valence-electron chi connectivity index (χ0n) is 12.5. The molecule has 2 aromatic rings. The van der Waals surface area contributed by atoms with Gasteiger partial charge in [-0.05, 0) is 25.9 Å². The SMILES string of the molecule is O=c1[nH]c(=O)n(Cc2cnccn2)c2c1C1(CCNCC1)OC2. The fourth-order valence-electron chi connectivity index (χ4n) is 3.48. The van der Waals surface area contributed by atoms with Gasteiger partial charge in [0.05, 0.1) is 36.3 Å². The molecule has 1 fully saturated rings. The lowest BCUT2D eigenvalue weighted by Crippen LogP contribution is -2.44. The number of piperidine rings is 1. The van der Waals surface area contributed by atoms with E-state index in [9.17, 15) is 9.59 Å². The highest BCUT2D eigenvalue weighted by Crippen LogP contribution is 2.40. The van der Waals surface area contributed by atoms with Crippen LogP contribution in [0.1, 0.15) is 29.8 Å². The minimum atomic E-state index is -0.577. The van der Waals surface area contributed by atoms with E-state index in [1.165, 1.54) is 4.57 Å². The predicted octanol–water partition coefficient (Wildman–Crippen LogP) is -0.516. The monoisotopic (exact) mass is 315 g/mol. The number of hydrogen-bond acceptors (Lipinski definition) is 6. The van der Waals surface area contributed by atoms with Crippen molar-refractivity contribution in [2.45, 2.75) is 31.6 Å². The number of aromatic nitrogens is 4. The van der Waals surface area contributed by atoms with Crippen LogP contribution in [-0.4, -0.2) is 32.6 Å². The molecule has 1 saturated heterocycles. The summed E-state index contributed by atoms with van der Waals surface area (Å²) >= 11 is 0. The lowest BCUT2D eigenvalue weighted by Gasteiger charge is -2.33. The van der Waals surface area contributed by atoms with Gasteiger partial charge in [-0.25, -0.2) is 4.79 Å². The maximum atomic E-state index is 12.4. The fourth-order valence-corrected chi connectivity index (χ4v) is 3.48. The molecule has 0 bridgehead atoms. The number of hydrogen-bond donors (Lipinski definition) is 2. The predicted molar refractivity (Wildman–Crippen MR) is 81.0 cm³/mol. The second-order valence-corrected chi connectivity index (χ2v) is 5.90. The highest BCUT2D eigenvalue weighted by atomic mass is 16.5. The average Bonchev–Trinajstić information content (AvgIpc) is 2.92. The van der Waals surface area contributed by atoms with Crippen LogP contribution in [0.2, 0.25) is 0 Å². The van der Waals surface area contributed by atoms with Crippen LogP contribution in [0.5, 0.6) is 0 Å². The Morgan fingerprint density at radius 2 is 2.09 bits per heavy atom. The second-order valence-electron chi connectivity index (χ2n) is 5.90. The molecule has 120 valence electrons. The zero-order chi connectivity index (χ0) is 15.9. The maximum absolute atomic E-state index is 12.4. The molecule has 0 aromatic carbocycles. The Balaban J connectivity index is 1.83. The summed E-state index contributed by atoms with van der Waals surface area (Å²) in [5, 5.41) is 3.27. The first-order valence-corrected chi connectivity index (χ1v) is 7.66. The Kier molecular flexibility index (Phi) is 3.35. The van der Waals surface area contributed by atoms with Crippen molar-refractivity contribution in [2.75, 3.05) is 13.1 Å².